The maximum atomic E-state index is 11.3. The van der Waals surface area contributed by atoms with Crippen LogP contribution in [0.2, 0.25) is 0 Å². The second-order valence-corrected chi connectivity index (χ2v) is 6.02. The molecular formula is C9H11BrINO3. The van der Waals surface area contributed by atoms with Gasteiger partial charge in [-0.3, -0.25) is 4.79 Å². The van der Waals surface area contributed by atoms with Crippen molar-refractivity contribution in [3.05, 3.63) is 16.4 Å². The molecule has 1 heterocycles. The normalized spacial score (nSPS) is 12.5. The van der Waals surface area contributed by atoms with E-state index in [0.29, 0.717) is 20.9 Å². The smallest absolute Gasteiger partial charge is 0.313 e. The predicted octanol–water partition coefficient (Wildman–Crippen LogP) is 2.74. The van der Waals surface area contributed by atoms with Crippen molar-refractivity contribution in [1.29, 1.82) is 0 Å². The molecule has 1 atom stereocenters. The van der Waals surface area contributed by atoms with Crippen LogP contribution in [0.25, 0.3) is 0 Å². The van der Waals surface area contributed by atoms with Crippen LogP contribution in [0.5, 0.6) is 0 Å². The van der Waals surface area contributed by atoms with Crippen molar-refractivity contribution in [3.8, 4) is 0 Å². The number of nitrogens with zero attached hydrogens (tertiary/aromatic N) is 1. The van der Waals surface area contributed by atoms with Crippen molar-refractivity contribution < 1.29 is 14.1 Å². The maximum absolute atomic E-state index is 11.3. The van der Waals surface area contributed by atoms with Crippen LogP contribution in [0.1, 0.15) is 19.1 Å². The third-order valence-electron chi connectivity index (χ3n) is 1.63. The van der Waals surface area contributed by atoms with Gasteiger partial charge in [0.15, 0.2) is 0 Å². The van der Waals surface area contributed by atoms with Crippen molar-refractivity contribution in [1.82, 2.24) is 5.16 Å². The van der Waals surface area contributed by atoms with E-state index in [0.717, 1.165) is 6.42 Å². The monoisotopic (exact) mass is 387 g/mol. The van der Waals surface area contributed by atoms with E-state index in [1.165, 1.54) is 0 Å². The summed E-state index contributed by atoms with van der Waals surface area (Å²) >= 11 is 5.43. The van der Waals surface area contributed by atoms with E-state index in [1.807, 2.05) is 0 Å². The molecule has 0 radical (unpaired) electrons. The van der Waals surface area contributed by atoms with Crippen molar-refractivity contribution in [2.45, 2.75) is 23.7 Å². The number of ether oxygens (including phenoxy) is 1. The molecule has 6 heteroatoms. The topological polar surface area (TPSA) is 52.3 Å². The highest BCUT2D eigenvalue weighted by Gasteiger charge is 2.09. The fraction of sp³-hybridized carbons (Fsp3) is 0.556. The molecule has 4 nitrogen and oxygen atoms in total. The van der Waals surface area contributed by atoms with E-state index < -0.39 is 0 Å². The molecule has 0 fully saturated rings. The third-order valence-corrected chi connectivity index (χ3v) is 2.62. The van der Waals surface area contributed by atoms with E-state index in [9.17, 15) is 4.79 Å². The zero-order valence-electron chi connectivity index (χ0n) is 8.20. The summed E-state index contributed by atoms with van der Waals surface area (Å²) in [7, 11) is 0. The van der Waals surface area contributed by atoms with E-state index in [-0.39, 0.29) is 12.4 Å². The molecule has 1 rings (SSSR count). The maximum Gasteiger partial charge on any atom is 0.313 e. The highest BCUT2D eigenvalue weighted by atomic mass is 127. The molecule has 0 amide bonds. The fourth-order valence-electron chi connectivity index (χ4n) is 0.900. The number of hydrogen-bond donors (Lipinski definition) is 0. The summed E-state index contributed by atoms with van der Waals surface area (Å²) in [5, 5.41) is 3.61. The zero-order chi connectivity index (χ0) is 11.3. The molecule has 84 valence electrons. The van der Waals surface area contributed by atoms with Gasteiger partial charge in [-0.1, -0.05) is 34.7 Å². The van der Waals surface area contributed by atoms with Crippen LogP contribution in [0.15, 0.2) is 15.2 Å². The van der Waals surface area contributed by atoms with E-state index in [2.05, 4.69) is 50.6 Å². The second kappa shape index (κ2) is 6.47. The van der Waals surface area contributed by atoms with Gasteiger partial charge < -0.3 is 9.26 Å². The summed E-state index contributed by atoms with van der Waals surface area (Å²) in [6, 6.07) is 1.65. The molecule has 0 aromatic carbocycles. The van der Waals surface area contributed by atoms with Crippen LogP contribution >= 0.6 is 38.5 Å². The van der Waals surface area contributed by atoms with Crippen molar-refractivity contribution in [3.63, 3.8) is 0 Å². The molecule has 0 N–H and O–H groups in total. The molecule has 0 saturated carbocycles. The van der Waals surface area contributed by atoms with Gasteiger partial charge >= 0.3 is 5.97 Å². The molecule has 0 spiro atoms. The Kier molecular flexibility index (Phi) is 5.59. The predicted molar refractivity (Wildman–Crippen MR) is 67.0 cm³/mol. The lowest BCUT2D eigenvalue weighted by Gasteiger charge is -2.04. The van der Waals surface area contributed by atoms with Gasteiger partial charge in [-0.2, -0.15) is 0 Å². The number of alkyl halides is 1. The number of hydrogen-bond acceptors (Lipinski definition) is 4. The largest absolute Gasteiger partial charge is 0.465 e. The van der Waals surface area contributed by atoms with Gasteiger partial charge in [0, 0.05) is 9.99 Å². The minimum absolute atomic E-state index is 0.133. The standard InChI is InChI=1S/C9H11BrINO3/c1-6(11)2-3-14-9(13)5-7-4-8(10)12-15-7/h4,6H,2-3,5H2,1H3. The number of rotatable bonds is 5. The molecule has 0 aliphatic carbocycles. The van der Waals surface area contributed by atoms with Crippen LogP contribution in [0, 0.1) is 0 Å². The van der Waals surface area contributed by atoms with Gasteiger partial charge in [0.05, 0.1) is 6.61 Å². The van der Waals surface area contributed by atoms with Gasteiger partial charge in [-0.25, -0.2) is 0 Å². The molecule has 1 unspecified atom stereocenters. The van der Waals surface area contributed by atoms with Crippen molar-refractivity contribution >= 4 is 44.5 Å². The van der Waals surface area contributed by atoms with E-state index in [4.69, 9.17) is 9.26 Å². The zero-order valence-corrected chi connectivity index (χ0v) is 11.9. The number of carbonyl (C=O) groups is 1. The summed E-state index contributed by atoms with van der Waals surface area (Å²) in [6.45, 7) is 2.53. The molecule has 0 aliphatic heterocycles. The molecule has 0 saturated heterocycles. The first-order valence-corrected chi connectivity index (χ1v) is 6.52. The molecule has 1 aromatic heterocycles. The Morgan fingerprint density at radius 1 is 1.80 bits per heavy atom. The number of esters is 1. The minimum Gasteiger partial charge on any atom is -0.465 e. The Balaban J connectivity index is 2.24. The lowest BCUT2D eigenvalue weighted by molar-refractivity contribution is -0.143. The highest BCUT2D eigenvalue weighted by molar-refractivity contribution is 14.1. The molecule has 0 bridgehead atoms. The molecule has 15 heavy (non-hydrogen) atoms. The van der Waals surface area contributed by atoms with Gasteiger partial charge in [0.1, 0.15) is 16.8 Å². The molecular weight excluding hydrogens is 377 g/mol. The molecule has 1 aromatic rings. The van der Waals surface area contributed by atoms with Gasteiger partial charge in [-0.15, -0.1) is 0 Å². The number of halogens is 2. The molecule has 0 aliphatic rings. The lowest BCUT2D eigenvalue weighted by Crippen LogP contribution is -2.10. The van der Waals surface area contributed by atoms with Gasteiger partial charge in [-0.05, 0) is 22.4 Å². The highest BCUT2D eigenvalue weighted by Crippen LogP contribution is 2.11. The minimum atomic E-state index is -0.282. The Bertz CT molecular complexity index is 327. The third kappa shape index (κ3) is 5.50. The number of carbonyl (C=O) groups excluding carboxylic acids is 1. The van der Waals surface area contributed by atoms with Crippen molar-refractivity contribution in [2.24, 2.45) is 0 Å². The quantitative estimate of drug-likeness (QED) is 0.443. The van der Waals surface area contributed by atoms with Gasteiger partial charge in [0.2, 0.25) is 0 Å². The fourth-order valence-corrected chi connectivity index (χ4v) is 1.48. The first-order chi connectivity index (χ1) is 7.08. The summed E-state index contributed by atoms with van der Waals surface area (Å²) < 4.78 is 11.0. The number of aromatic nitrogens is 1. The second-order valence-electron chi connectivity index (χ2n) is 3.08. The average Bonchev–Trinajstić information content (AvgIpc) is 2.50. The average molecular weight is 388 g/mol. The van der Waals surface area contributed by atoms with Crippen LogP contribution in [-0.4, -0.2) is 21.7 Å². The summed E-state index contributed by atoms with van der Waals surface area (Å²) in [5.41, 5.74) is 0. The summed E-state index contributed by atoms with van der Waals surface area (Å²) in [6.07, 6.45) is 1.00. The van der Waals surface area contributed by atoms with Crippen LogP contribution in [0.3, 0.4) is 0 Å². The summed E-state index contributed by atoms with van der Waals surface area (Å²) in [5.74, 6) is 0.227. The van der Waals surface area contributed by atoms with Crippen molar-refractivity contribution in [2.75, 3.05) is 6.61 Å². The SMILES string of the molecule is CC(I)CCOC(=O)Cc1cc(Br)no1. The van der Waals surface area contributed by atoms with Crippen LogP contribution < -0.4 is 0 Å². The lowest BCUT2D eigenvalue weighted by atomic mass is 10.3. The van der Waals surface area contributed by atoms with Gasteiger partial charge in [0.25, 0.3) is 0 Å². The first-order valence-electron chi connectivity index (χ1n) is 4.48. The van der Waals surface area contributed by atoms with E-state index >= 15 is 0 Å². The Labute approximate surface area is 110 Å². The summed E-state index contributed by atoms with van der Waals surface area (Å²) in [4.78, 5) is 11.3. The first kappa shape index (κ1) is 13.0. The Hall–Kier alpha value is -0.110. The Morgan fingerprint density at radius 2 is 2.53 bits per heavy atom. The Morgan fingerprint density at radius 3 is 3.07 bits per heavy atom. The van der Waals surface area contributed by atoms with Crippen LogP contribution in [-0.2, 0) is 16.0 Å². The van der Waals surface area contributed by atoms with E-state index in [1.54, 1.807) is 6.07 Å². The van der Waals surface area contributed by atoms with Crippen LogP contribution in [0.4, 0.5) is 0 Å².